The van der Waals surface area contributed by atoms with Crippen molar-refractivity contribution in [1.82, 2.24) is 0 Å². The average molecular weight is 555 g/mol. The van der Waals surface area contributed by atoms with Crippen LogP contribution in [-0.2, 0) is 11.0 Å². The van der Waals surface area contributed by atoms with E-state index in [1.165, 1.54) is 6.07 Å². The first-order valence-electron chi connectivity index (χ1n) is 11.5. The summed E-state index contributed by atoms with van der Waals surface area (Å²) in [6, 6.07) is 26.1. The molecule has 1 atom stereocenters. The van der Waals surface area contributed by atoms with Crippen molar-refractivity contribution in [3.8, 4) is 0 Å². The Morgan fingerprint density at radius 3 is 2.26 bits per heavy atom. The molecule has 4 aromatic rings. The van der Waals surface area contributed by atoms with E-state index in [0.29, 0.717) is 21.7 Å². The van der Waals surface area contributed by atoms with E-state index in [-0.39, 0.29) is 16.6 Å². The maximum Gasteiger partial charge on any atom is 0.418 e. The molecule has 0 aliphatic carbocycles. The average Bonchev–Trinajstić information content (AvgIpc) is 2.88. The highest BCUT2D eigenvalue weighted by Crippen LogP contribution is 2.40. The Kier molecular flexibility index (Phi) is 8.44. The van der Waals surface area contributed by atoms with Crippen molar-refractivity contribution in [1.29, 1.82) is 0 Å². The number of carbonyl (C=O) groups is 2. The fourth-order valence-electron chi connectivity index (χ4n) is 3.77. The summed E-state index contributed by atoms with van der Waals surface area (Å²) in [5, 5.41) is 4.32. The van der Waals surface area contributed by atoms with Crippen molar-refractivity contribution in [2.24, 2.45) is 0 Å². The van der Waals surface area contributed by atoms with Crippen LogP contribution in [0.1, 0.15) is 32.3 Å². The molecule has 4 aromatic carbocycles. The number of carbonyl (C=O) groups excluding carboxylic acids is 2. The van der Waals surface area contributed by atoms with Crippen molar-refractivity contribution in [2.75, 3.05) is 10.6 Å². The minimum absolute atomic E-state index is 0.0890. The molecule has 0 fully saturated rings. The molecule has 0 saturated heterocycles. The molecule has 1 unspecified atom stereocenters. The Hall–Kier alpha value is -3.75. The number of amides is 2. The molecule has 0 radical (unpaired) electrons. The van der Waals surface area contributed by atoms with Crippen molar-refractivity contribution >= 4 is 46.6 Å². The van der Waals surface area contributed by atoms with Crippen LogP contribution in [0.2, 0.25) is 5.02 Å². The highest BCUT2D eigenvalue weighted by Gasteiger charge is 2.35. The molecule has 2 N–H and O–H groups in total. The van der Waals surface area contributed by atoms with Crippen LogP contribution in [0.15, 0.2) is 102 Å². The van der Waals surface area contributed by atoms with Gasteiger partial charge in [0.05, 0.1) is 11.3 Å². The first kappa shape index (κ1) is 27.3. The van der Waals surface area contributed by atoms with Gasteiger partial charge in [-0.3, -0.25) is 9.59 Å². The van der Waals surface area contributed by atoms with Crippen LogP contribution in [0.4, 0.5) is 24.5 Å². The third-order valence-corrected chi connectivity index (χ3v) is 7.10. The molecule has 38 heavy (non-hydrogen) atoms. The smallest absolute Gasteiger partial charge is 0.324 e. The molecule has 0 aromatic heterocycles. The summed E-state index contributed by atoms with van der Waals surface area (Å²) >= 11 is 6.93. The summed E-state index contributed by atoms with van der Waals surface area (Å²) < 4.78 is 40.8. The van der Waals surface area contributed by atoms with Gasteiger partial charge in [-0.15, -0.1) is 11.8 Å². The highest BCUT2D eigenvalue weighted by atomic mass is 35.5. The van der Waals surface area contributed by atoms with Gasteiger partial charge in [-0.1, -0.05) is 66.2 Å². The fraction of sp³-hybridized carbons (Fsp3) is 0.103. The van der Waals surface area contributed by atoms with Gasteiger partial charge in [0.15, 0.2) is 0 Å². The van der Waals surface area contributed by atoms with Crippen LogP contribution < -0.4 is 10.6 Å². The topological polar surface area (TPSA) is 58.2 Å². The van der Waals surface area contributed by atoms with Gasteiger partial charge in [-0.05, 0) is 60.5 Å². The van der Waals surface area contributed by atoms with E-state index in [4.69, 9.17) is 11.6 Å². The van der Waals surface area contributed by atoms with Crippen LogP contribution in [-0.4, -0.2) is 11.8 Å². The Morgan fingerprint density at radius 2 is 1.55 bits per heavy atom. The van der Waals surface area contributed by atoms with E-state index in [2.05, 4.69) is 10.6 Å². The molecular weight excluding hydrogens is 533 g/mol. The number of hydrogen-bond donors (Lipinski definition) is 2. The van der Waals surface area contributed by atoms with Crippen molar-refractivity contribution in [2.45, 2.75) is 23.2 Å². The second-order valence-electron chi connectivity index (χ2n) is 8.38. The summed E-state index contributed by atoms with van der Waals surface area (Å²) in [6.45, 7) is 1.84. The number of anilines is 2. The van der Waals surface area contributed by atoms with E-state index >= 15 is 0 Å². The number of rotatable bonds is 7. The van der Waals surface area contributed by atoms with E-state index < -0.39 is 22.9 Å². The standard InChI is InChI=1S/C29H22ClF3N2O2S/c1-18-8-5-6-13-23(18)27(36)34-21-11-7-12-22(17-21)38-26(19-9-3-2-4-10-19)28(37)35-25-15-14-20(30)16-24(25)29(31,32)33/h2-17,26H,1H3,(H,34,36)(H,35,37). The van der Waals surface area contributed by atoms with E-state index in [1.54, 1.807) is 66.7 Å². The first-order chi connectivity index (χ1) is 18.1. The molecule has 0 aliphatic rings. The quantitative estimate of drug-likeness (QED) is 0.226. The summed E-state index contributed by atoms with van der Waals surface area (Å²) in [5.41, 5.74) is 1.08. The zero-order valence-electron chi connectivity index (χ0n) is 20.1. The summed E-state index contributed by atoms with van der Waals surface area (Å²) in [6.07, 6.45) is -4.70. The zero-order chi connectivity index (χ0) is 27.3. The van der Waals surface area contributed by atoms with E-state index in [9.17, 15) is 22.8 Å². The van der Waals surface area contributed by atoms with Crippen molar-refractivity contribution in [3.63, 3.8) is 0 Å². The molecule has 4 nitrogen and oxygen atoms in total. The lowest BCUT2D eigenvalue weighted by molar-refractivity contribution is -0.137. The largest absolute Gasteiger partial charge is 0.418 e. The Bertz CT molecular complexity index is 1460. The van der Waals surface area contributed by atoms with Gasteiger partial charge in [-0.25, -0.2) is 0 Å². The number of halogens is 4. The maximum absolute atomic E-state index is 13.6. The first-order valence-corrected chi connectivity index (χ1v) is 12.7. The van der Waals surface area contributed by atoms with Gasteiger partial charge >= 0.3 is 6.18 Å². The Morgan fingerprint density at radius 1 is 0.842 bits per heavy atom. The van der Waals surface area contributed by atoms with E-state index in [0.717, 1.165) is 29.5 Å². The van der Waals surface area contributed by atoms with Crippen LogP contribution in [0.5, 0.6) is 0 Å². The lowest BCUT2D eigenvalue weighted by Gasteiger charge is -2.20. The SMILES string of the molecule is Cc1ccccc1C(=O)Nc1cccc(SC(C(=O)Nc2ccc(Cl)cc2C(F)(F)F)c2ccccc2)c1. The molecular formula is C29H22ClF3N2O2S. The number of aryl methyl sites for hydroxylation is 1. The van der Waals surface area contributed by atoms with Gasteiger partial charge in [0, 0.05) is 21.2 Å². The number of benzene rings is 4. The molecule has 194 valence electrons. The Labute approximate surface area is 227 Å². The van der Waals surface area contributed by atoms with Gasteiger partial charge < -0.3 is 10.6 Å². The van der Waals surface area contributed by atoms with Gasteiger partial charge in [0.1, 0.15) is 5.25 Å². The van der Waals surface area contributed by atoms with Crippen LogP contribution in [0, 0.1) is 6.92 Å². The van der Waals surface area contributed by atoms with Gasteiger partial charge in [0.25, 0.3) is 5.91 Å². The number of alkyl halides is 3. The molecule has 0 aliphatic heterocycles. The Balaban J connectivity index is 1.60. The predicted octanol–water partition coefficient (Wildman–Crippen LogP) is 8.39. The third kappa shape index (κ3) is 6.76. The molecule has 0 bridgehead atoms. The number of thioether (sulfide) groups is 1. The molecule has 0 spiro atoms. The normalized spacial score (nSPS) is 12.0. The van der Waals surface area contributed by atoms with Crippen LogP contribution in [0.3, 0.4) is 0 Å². The molecule has 2 amide bonds. The fourth-order valence-corrected chi connectivity index (χ4v) is 5.02. The highest BCUT2D eigenvalue weighted by molar-refractivity contribution is 8.00. The third-order valence-electron chi connectivity index (χ3n) is 5.62. The second-order valence-corrected chi connectivity index (χ2v) is 10.00. The van der Waals surface area contributed by atoms with Crippen LogP contribution >= 0.6 is 23.4 Å². The van der Waals surface area contributed by atoms with E-state index in [1.807, 2.05) is 19.1 Å². The van der Waals surface area contributed by atoms with Gasteiger partial charge in [0.2, 0.25) is 5.91 Å². The second kappa shape index (κ2) is 11.8. The molecule has 9 heteroatoms. The molecule has 4 rings (SSSR count). The lowest BCUT2D eigenvalue weighted by Crippen LogP contribution is -2.21. The minimum atomic E-state index is -4.70. The minimum Gasteiger partial charge on any atom is -0.324 e. The summed E-state index contributed by atoms with van der Waals surface area (Å²) in [5.74, 6) is -0.909. The zero-order valence-corrected chi connectivity index (χ0v) is 21.6. The molecule has 0 saturated carbocycles. The summed E-state index contributed by atoms with van der Waals surface area (Å²) in [7, 11) is 0. The lowest BCUT2D eigenvalue weighted by atomic mass is 10.1. The molecule has 0 heterocycles. The van der Waals surface area contributed by atoms with Crippen LogP contribution in [0.25, 0.3) is 0 Å². The summed E-state index contributed by atoms with van der Waals surface area (Å²) in [4.78, 5) is 26.8. The van der Waals surface area contributed by atoms with Crippen molar-refractivity contribution in [3.05, 3.63) is 124 Å². The van der Waals surface area contributed by atoms with Crippen molar-refractivity contribution < 1.29 is 22.8 Å². The number of nitrogens with one attached hydrogen (secondary N) is 2. The number of hydrogen-bond acceptors (Lipinski definition) is 3. The monoisotopic (exact) mass is 554 g/mol. The predicted molar refractivity (Wildman–Crippen MR) is 146 cm³/mol. The van der Waals surface area contributed by atoms with Gasteiger partial charge in [-0.2, -0.15) is 13.2 Å². The maximum atomic E-state index is 13.6.